The lowest BCUT2D eigenvalue weighted by molar-refractivity contribution is 0.229. The van der Waals surface area contributed by atoms with Crippen LogP contribution in [0.15, 0.2) is 12.5 Å². The Bertz CT molecular complexity index is 157. The molecule has 2 N–H and O–H groups in total. The minimum absolute atomic E-state index is 0.693. The van der Waals surface area contributed by atoms with Gasteiger partial charge in [-0.05, 0) is 6.58 Å². The Morgan fingerprint density at radius 3 is 1.70 bits per heavy atom. The van der Waals surface area contributed by atoms with Gasteiger partial charge < -0.3 is 8.37 Å². The van der Waals surface area contributed by atoms with Crippen molar-refractivity contribution in [1.82, 2.24) is 0 Å². The van der Waals surface area contributed by atoms with Crippen LogP contribution in [0.4, 0.5) is 0 Å². The smallest absolute Gasteiger partial charge is 0.343 e. The van der Waals surface area contributed by atoms with Crippen molar-refractivity contribution in [2.24, 2.45) is 0 Å². The van der Waals surface area contributed by atoms with E-state index in [9.17, 15) is 8.42 Å². The van der Waals surface area contributed by atoms with Gasteiger partial charge in [-0.1, -0.05) is 0 Å². The van der Waals surface area contributed by atoms with Gasteiger partial charge >= 0.3 is 28.7 Å². The van der Waals surface area contributed by atoms with Crippen LogP contribution >= 0.6 is 0 Å². The van der Waals surface area contributed by atoms with Crippen LogP contribution < -0.4 is 0 Å². The minimum atomic E-state index is -2.58. The first kappa shape index (κ1) is 9.56. The van der Waals surface area contributed by atoms with E-state index in [1.165, 1.54) is 0 Å². The van der Waals surface area contributed by atoms with Crippen molar-refractivity contribution in [1.29, 1.82) is 0 Å². The third-order valence-corrected chi connectivity index (χ3v) is 0.985. The van der Waals surface area contributed by atoms with E-state index in [0.29, 0.717) is 0 Å². The lowest BCUT2D eigenvalue weighted by Crippen LogP contribution is -2.00. The summed E-state index contributed by atoms with van der Waals surface area (Å²) in [4.78, 5) is 0. The third-order valence-electron chi connectivity index (χ3n) is 0.328. The SMILES string of the molecule is C=C(OS(=O)O)OS(=O)O. The monoisotopic (exact) mass is 188 g/mol. The molecule has 0 aliphatic heterocycles. The van der Waals surface area contributed by atoms with Crippen LogP contribution in [0.2, 0.25) is 0 Å². The molecule has 8 heteroatoms. The standard InChI is InChI=1S/C2H4O6S2/c1-2(7-9(3)4)8-10(5)6/h1H2,(H,3,4)(H,5,6). The molecule has 0 radical (unpaired) electrons. The van der Waals surface area contributed by atoms with Crippen molar-refractivity contribution in [3.05, 3.63) is 12.5 Å². The fourth-order valence-corrected chi connectivity index (χ4v) is 0.602. The zero-order valence-corrected chi connectivity index (χ0v) is 6.18. The highest BCUT2D eigenvalue weighted by atomic mass is 32.2. The normalized spacial score (nSPS) is 15.4. The van der Waals surface area contributed by atoms with E-state index in [4.69, 9.17) is 9.11 Å². The van der Waals surface area contributed by atoms with Gasteiger partial charge in [0, 0.05) is 0 Å². The second-order valence-corrected chi connectivity index (χ2v) is 2.17. The van der Waals surface area contributed by atoms with Crippen molar-refractivity contribution in [3.8, 4) is 0 Å². The summed E-state index contributed by atoms with van der Waals surface area (Å²) >= 11 is -5.16. The Balaban J connectivity index is 3.65. The maximum absolute atomic E-state index is 9.76. The summed E-state index contributed by atoms with van der Waals surface area (Å²) in [7, 11) is 0. The molecule has 0 aromatic heterocycles. The molecule has 0 aromatic rings. The number of hydrogen-bond donors (Lipinski definition) is 2. The third kappa shape index (κ3) is 5.69. The van der Waals surface area contributed by atoms with E-state index in [0.717, 1.165) is 0 Å². The van der Waals surface area contributed by atoms with E-state index in [1.54, 1.807) is 0 Å². The predicted molar refractivity (Wildman–Crippen MR) is 32.9 cm³/mol. The van der Waals surface area contributed by atoms with Crippen LogP contribution in [0.3, 0.4) is 0 Å². The Kier molecular flexibility index (Phi) is 4.19. The first-order valence-corrected chi connectivity index (χ1v) is 3.86. The van der Waals surface area contributed by atoms with Crippen molar-refractivity contribution in [2.75, 3.05) is 0 Å². The quantitative estimate of drug-likeness (QED) is 0.467. The van der Waals surface area contributed by atoms with Gasteiger partial charge in [0.2, 0.25) is 0 Å². The maximum Gasteiger partial charge on any atom is 0.360 e. The van der Waals surface area contributed by atoms with Crippen molar-refractivity contribution in [2.45, 2.75) is 0 Å². The fraction of sp³-hybridized carbons (Fsp3) is 0. The first-order valence-electron chi connectivity index (χ1n) is 1.79. The molecule has 0 saturated heterocycles. The molecular weight excluding hydrogens is 184 g/mol. The van der Waals surface area contributed by atoms with Crippen LogP contribution in [-0.2, 0) is 31.1 Å². The first-order chi connectivity index (χ1) is 4.52. The van der Waals surface area contributed by atoms with Crippen molar-refractivity contribution >= 4 is 22.7 Å². The van der Waals surface area contributed by atoms with E-state index in [-0.39, 0.29) is 0 Å². The van der Waals surface area contributed by atoms with Gasteiger partial charge in [0.15, 0.2) is 0 Å². The van der Waals surface area contributed by atoms with Crippen LogP contribution in [0.25, 0.3) is 0 Å². The molecule has 60 valence electrons. The molecule has 0 amide bonds. The molecule has 0 bridgehead atoms. The molecule has 10 heavy (non-hydrogen) atoms. The second kappa shape index (κ2) is 4.39. The van der Waals surface area contributed by atoms with E-state index in [1.807, 2.05) is 0 Å². The fourth-order valence-electron chi connectivity index (χ4n) is 0.173. The van der Waals surface area contributed by atoms with E-state index < -0.39 is 28.7 Å². The summed E-state index contributed by atoms with van der Waals surface area (Å²) in [5.74, 6) is -0.693. The second-order valence-electron chi connectivity index (χ2n) is 0.973. The summed E-state index contributed by atoms with van der Waals surface area (Å²) < 4.78 is 43.1. The average molecular weight is 188 g/mol. The molecule has 0 aromatic carbocycles. The molecule has 0 aliphatic rings. The maximum atomic E-state index is 9.76. The van der Waals surface area contributed by atoms with Gasteiger partial charge in [0.1, 0.15) is 0 Å². The van der Waals surface area contributed by atoms with Crippen LogP contribution in [0.1, 0.15) is 0 Å². The van der Waals surface area contributed by atoms with E-state index in [2.05, 4.69) is 14.9 Å². The van der Waals surface area contributed by atoms with Gasteiger partial charge in [-0.25, -0.2) is 0 Å². The molecule has 0 rings (SSSR count). The lowest BCUT2D eigenvalue weighted by Gasteiger charge is -1.99. The summed E-state index contributed by atoms with van der Waals surface area (Å²) in [5, 5.41) is 0. The average Bonchev–Trinajstić information content (AvgIpc) is 1.58. The molecule has 0 spiro atoms. The molecular formula is C2H4O6S2. The van der Waals surface area contributed by atoms with Crippen LogP contribution in [0.5, 0.6) is 0 Å². The highest BCUT2D eigenvalue weighted by molar-refractivity contribution is 7.75. The molecule has 2 atom stereocenters. The van der Waals surface area contributed by atoms with Crippen LogP contribution in [-0.4, -0.2) is 17.5 Å². The van der Waals surface area contributed by atoms with E-state index >= 15 is 0 Å². The van der Waals surface area contributed by atoms with Gasteiger partial charge in [-0.2, -0.15) is 8.42 Å². The summed E-state index contributed by atoms with van der Waals surface area (Å²) in [6.07, 6.45) is 0. The van der Waals surface area contributed by atoms with Gasteiger partial charge in [-0.15, -0.1) is 0 Å². The summed E-state index contributed by atoms with van der Waals surface area (Å²) in [6, 6.07) is 0. The summed E-state index contributed by atoms with van der Waals surface area (Å²) in [5.41, 5.74) is 0. The molecule has 0 fully saturated rings. The lowest BCUT2D eigenvalue weighted by atomic mass is 11.1. The molecule has 2 unspecified atom stereocenters. The Hall–Kier alpha value is -0.440. The molecule has 0 heterocycles. The summed E-state index contributed by atoms with van der Waals surface area (Å²) in [6.45, 7) is 2.88. The number of rotatable bonds is 4. The zero-order valence-electron chi connectivity index (χ0n) is 4.55. The Morgan fingerprint density at radius 1 is 1.20 bits per heavy atom. The Morgan fingerprint density at radius 2 is 1.50 bits per heavy atom. The number of hydrogen-bond acceptors (Lipinski definition) is 4. The highest BCUT2D eigenvalue weighted by Crippen LogP contribution is 1.98. The van der Waals surface area contributed by atoms with Crippen molar-refractivity contribution < 1.29 is 25.9 Å². The predicted octanol–water partition coefficient (Wildman–Crippen LogP) is -0.236. The molecule has 0 saturated carbocycles. The Labute approximate surface area is 61.8 Å². The van der Waals surface area contributed by atoms with Gasteiger partial charge in [0.05, 0.1) is 0 Å². The van der Waals surface area contributed by atoms with Crippen LogP contribution in [0, 0.1) is 0 Å². The van der Waals surface area contributed by atoms with Crippen molar-refractivity contribution in [3.63, 3.8) is 0 Å². The van der Waals surface area contributed by atoms with Gasteiger partial charge in [-0.3, -0.25) is 9.11 Å². The minimum Gasteiger partial charge on any atom is -0.343 e. The van der Waals surface area contributed by atoms with Gasteiger partial charge in [0.25, 0.3) is 0 Å². The molecule has 0 aliphatic carbocycles. The highest BCUT2D eigenvalue weighted by Gasteiger charge is 2.03. The topological polar surface area (TPSA) is 93.1 Å². The molecule has 6 nitrogen and oxygen atoms in total. The zero-order chi connectivity index (χ0) is 8.15. The largest absolute Gasteiger partial charge is 0.360 e.